The first-order valence-corrected chi connectivity index (χ1v) is 6.88. The third-order valence-electron chi connectivity index (χ3n) is 2.56. The topological polar surface area (TPSA) is 34.2 Å². The van der Waals surface area contributed by atoms with Gasteiger partial charge in [0.05, 0.1) is 11.6 Å². The molecule has 3 nitrogen and oxygen atoms in total. The number of aromatic nitrogens is 1. The van der Waals surface area contributed by atoms with E-state index in [1.54, 1.807) is 11.3 Å². The highest BCUT2D eigenvalue weighted by molar-refractivity contribution is 7.09. The summed E-state index contributed by atoms with van der Waals surface area (Å²) < 4.78 is 5.67. The highest BCUT2D eigenvalue weighted by Crippen LogP contribution is 2.12. The smallest absolute Gasteiger partial charge is 0.0794 e. The minimum atomic E-state index is 0.249. The van der Waals surface area contributed by atoms with Crippen LogP contribution in [0.2, 0.25) is 0 Å². The summed E-state index contributed by atoms with van der Waals surface area (Å²) in [5.41, 5.74) is 1.89. The molecule has 0 aliphatic rings. The Kier molecular flexibility index (Phi) is 6.61. The van der Waals surface area contributed by atoms with Crippen LogP contribution in [0.1, 0.15) is 32.1 Å². The molecule has 16 heavy (non-hydrogen) atoms. The summed E-state index contributed by atoms with van der Waals surface area (Å²) in [6.07, 6.45) is 4.35. The first-order valence-electron chi connectivity index (χ1n) is 6.00. The molecule has 0 amide bonds. The van der Waals surface area contributed by atoms with E-state index < -0.39 is 0 Å². The van der Waals surface area contributed by atoms with Gasteiger partial charge in [-0.2, -0.15) is 0 Å². The fourth-order valence-corrected chi connectivity index (χ4v) is 2.33. The maximum Gasteiger partial charge on any atom is 0.0794 e. The minimum Gasteiger partial charge on any atom is -0.377 e. The molecule has 0 saturated heterocycles. The molecule has 0 bridgehead atoms. The Hall–Kier alpha value is -0.450. The largest absolute Gasteiger partial charge is 0.377 e. The molecule has 1 rings (SSSR count). The maximum atomic E-state index is 5.67. The minimum absolute atomic E-state index is 0.249. The zero-order valence-corrected chi connectivity index (χ0v) is 11.2. The fraction of sp³-hybridized carbons (Fsp3) is 0.750. The molecule has 0 fully saturated rings. The van der Waals surface area contributed by atoms with E-state index in [4.69, 9.17) is 4.74 Å². The Morgan fingerprint density at radius 1 is 1.50 bits per heavy atom. The quantitative estimate of drug-likeness (QED) is 0.760. The van der Waals surface area contributed by atoms with Gasteiger partial charge in [0.25, 0.3) is 0 Å². The van der Waals surface area contributed by atoms with Crippen molar-refractivity contribution in [2.24, 2.45) is 0 Å². The lowest BCUT2D eigenvalue weighted by Crippen LogP contribution is -2.41. The van der Waals surface area contributed by atoms with E-state index in [2.05, 4.69) is 24.1 Å². The molecule has 1 heterocycles. The number of nitrogens with zero attached hydrogens (tertiary/aromatic N) is 1. The Morgan fingerprint density at radius 3 is 2.88 bits per heavy atom. The number of ether oxygens (including phenoxy) is 1. The zero-order chi connectivity index (χ0) is 11.8. The van der Waals surface area contributed by atoms with Gasteiger partial charge >= 0.3 is 0 Å². The average molecular weight is 242 g/mol. The lowest BCUT2D eigenvalue weighted by atomic mass is 10.1. The Morgan fingerprint density at radius 2 is 2.31 bits per heavy atom. The van der Waals surface area contributed by atoms with Crippen LogP contribution in [0.25, 0.3) is 0 Å². The maximum absolute atomic E-state index is 5.67. The van der Waals surface area contributed by atoms with Crippen molar-refractivity contribution >= 4 is 11.3 Å². The third kappa shape index (κ3) is 4.60. The summed E-state index contributed by atoms with van der Waals surface area (Å²) in [6, 6.07) is 0.389. The van der Waals surface area contributed by atoms with E-state index in [1.165, 1.54) is 4.88 Å². The van der Waals surface area contributed by atoms with Crippen molar-refractivity contribution in [2.75, 3.05) is 13.2 Å². The molecule has 0 saturated carbocycles. The van der Waals surface area contributed by atoms with Crippen LogP contribution in [-0.2, 0) is 11.2 Å². The van der Waals surface area contributed by atoms with Crippen LogP contribution in [0.5, 0.6) is 0 Å². The highest BCUT2D eigenvalue weighted by atomic mass is 32.1. The summed E-state index contributed by atoms with van der Waals surface area (Å²) in [4.78, 5) is 5.43. The highest BCUT2D eigenvalue weighted by Gasteiger charge is 2.17. The van der Waals surface area contributed by atoms with Gasteiger partial charge in [-0.1, -0.05) is 6.92 Å². The zero-order valence-electron chi connectivity index (χ0n) is 10.4. The second-order valence-electron chi connectivity index (χ2n) is 3.89. The van der Waals surface area contributed by atoms with Crippen LogP contribution >= 0.6 is 11.3 Å². The molecule has 4 heteroatoms. The Labute approximate surface area is 102 Å². The van der Waals surface area contributed by atoms with Crippen molar-refractivity contribution < 1.29 is 4.74 Å². The van der Waals surface area contributed by atoms with Crippen molar-refractivity contribution in [3.8, 4) is 0 Å². The molecular weight excluding hydrogens is 220 g/mol. The average Bonchev–Trinajstić information content (AvgIpc) is 2.77. The van der Waals surface area contributed by atoms with E-state index in [1.807, 2.05) is 18.6 Å². The van der Waals surface area contributed by atoms with Crippen LogP contribution in [0.4, 0.5) is 0 Å². The second kappa shape index (κ2) is 7.76. The predicted molar refractivity (Wildman–Crippen MR) is 69.0 cm³/mol. The number of thiazole rings is 1. The van der Waals surface area contributed by atoms with Gasteiger partial charge in [0.2, 0.25) is 0 Å². The molecule has 1 aromatic heterocycles. The summed E-state index contributed by atoms with van der Waals surface area (Å²) >= 11 is 1.71. The van der Waals surface area contributed by atoms with Gasteiger partial charge in [-0.25, -0.2) is 0 Å². The van der Waals surface area contributed by atoms with E-state index in [0.717, 1.165) is 26.0 Å². The number of hydrogen-bond donors (Lipinski definition) is 1. The number of hydrogen-bond acceptors (Lipinski definition) is 4. The normalized spacial score (nSPS) is 14.9. The molecule has 1 N–H and O–H groups in total. The first-order chi connectivity index (χ1) is 7.77. The predicted octanol–water partition coefficient (Wildman–Crippen LogP) is 2.48. The van der Waals surface area contributed by atoms with Crippen molar-refractivity contribution in [1.29, 1.82) is 0 Å². The molecule has 0 radical (unpaired) electrons. The van der Waals surface area contributed by atoms with Crippen LogP contribution in [0, 0.1) is 0 Å². The fourth-order valence-electron chi connectivity index (χ4n) is 1.67. The molecule has 0 spiro atoms. The van der Waals surface area contributed by atoms with Gasteiger partial charge in [0.1, 0.15) is 0 Å². The lowest BCUT2D eigenvalue weighted by Gasteiger charge is -2.24. The monoisotopic (exact) mass is 242 g/mol. The van der Waals surface area contributed by atoms with Crippen molar-refractivity contribution in [1.82, 2.24) is 10.3 Å². The molecule has 1 aromatic rings. The molecule has 0 aliphatic heterocycles. The van der Waals surface area contributed by atoms with Crippen molar-refractivity contribution in [3.05, 3.63) is 16.6 Å². The Balaban J connectivity index is 2.49. The van der Waals surface area contributed by atoms with Gasteiger partial charge in [-0.05, 0) is 26.8 Å². The second-order valence-corrected chi connectivity index (χ2v) is 4.86. The van der Waals surface area contributed by atoms with Crippen LogP contribution < -0.4 is 5.32 Å². The van der Waals surface area contributed by atoms with Crippen LogP contribution in [0.3, 0.4) is 0 Å². The summed E-state index contributed by atoms with van der Waals surface area (Å²) in [6.45, 7) is 8.18. The number of rotatable bonds is 8. The van der Waals surface area contributed by atoms with Gasteiger partial charge in [0.15, 0.2) is 0 Å². The van der Waals surface area contributed by atoms with E-state index in [0.29, 0.717) is 6.04 Å². The van der Waals surface area contributed by atoms with Gasteiger partial charge in [0, 0.05) is 30.1 Å². The first kappa shape index (κ1) is 13.6. The summed E-state index contributed by atoms with van der Waals surface area (Å²) in [5.74, 6) is 0. The molecule has 2 atom stereocenters. The van der Waals surface area contributed by atoms with Crippen LogP contribution in [0.15, 0.2) is 11.7 Å². The Bertz CT molecular complexity index is 264. The molecule has 0 aliphatic carbocycles. The van der Waals surface area contributed by atoms with Crippen molar-refractivity contribution in [2.45, 2.75) is 45.8 Å². The summed E-state index contributed by atoms with van der Waals surface area (Å²) in [7, 11) is 0. The number of nitrogens with one attached hydrogen (secondary N) is 1. The summed E-state index contributed by atoms with van der Waals surface area (Å²) in [5, 5.41) is 3.55. The van der Waals surface area contributed by atoms with E-state index in [-0.39, 0.29) is 6.10 Å². The molecule has 92 valence electrons. The van der Waals surface area contributed by atoms with Gasteiger partial charge in [-0.3, -0.25) is 4.98 Å². The lowest BCUT2D eigenvalue weighted by molar-refractivity contribution is 0.0478. The van der Waals surface area contributed by atoms with Gasteiger partial charge in [-0.15, -0.1) is 11.3 Å². The molecular formula is C12H22N2OS. The van der Waals surface area contributed by atoms with E-state index in [9.17, 15) is 0 Å². The SMILES string of the molecule is CCCNC(Cc1cncs1)C(C)OCC. The molecule has 2 unspecified atom stereocenters. The van der Waals surface area contributed by atoms with Crippen molar-refractivity contribution in [3.63, 3.8) is 0 Å². The van der Waals surface area contributed by atoms with Crippen LogP contribution in [-0.4, -0.2) is 30.3 Å². The van der Waals surface area contributed by atoms with Gasteiger partial charge < -0.3 is 10.1 Å². The standard InChI is InChI=1S/C12H22N2OS/c1-4-6-14-12(10(3)15-5-2)7-11-8-13-9-16-11/h8-10,12,14H,4-7H2,1-3H3. The third-order valence-corrected chi connectivity index (χ3v) is 3.36. The van der Waals surface area contributed by atoms with E-state index >= 15 is 0 Å². The molecule has 0 aromatic carbocycles.